The van der Waals surface area contributed by atoms with E-state index in [0.717, 1.165) is 4.57 Å². The van der Waals surface area contributed by atoms with Crippen molar-refractivity contribution in [2.24, 2.45) is 0 Å². The zero-order valence-electron chi connectivity index (χ0n) is 21.3. The zero-order valence-corrected chi connectivity index (χ0v) is 22.0. The molecule has 5 N–H and O–H groups in total. The van der Waals surface area contributed by atoms with E-state index in [1.165, 1.54) is 18.5 Å². The summed E-state index contributed by atoms with van der Waals surface area (Å²) in [6.45, 7) is 0. The zero-order chi connectivity index (χ0) is 30.0. The summed E-state index contributed by atoms with van der Waals surface area (Å²) in [5.41, 5.74) is 2.69. The number of hydrogen-bond acceptors (Lipinski definition) is 10. The normalized spacial score (nSPS) is 24.7. The number of benzene rings is 2. The second-order valence-electron chi connectivity index (χ2n) is 9.95. The number of aromatic nitrogens is 4. The first-order valence-corrected chi connectivity index (χ1v) is 12.8. The lowest BCUT2D eigenvalue weighted by Gasteiger charge is -2.29. The third-order valence-electron chi connectivity index (χ3n) is 7.54. The van der Waals surface area contributed by atoms with Gasteiger partial charge in [0.25, 0.3) is 5.60 Å². The van der Waals surface area contributed by atoms with Gasteiger partial charge in [0.05, 0.1) is 18.0 Å². The van der Waals surface area contributed by atoms with E-state index < -0.39 is 54.2 Å². The summed E-state index contributed by atoms with van der Waals surface area (Å²) in [7, 11) is 0. The topological polar surface area (TPSA) is 207 Å². The van der Waals surface area contributed by atoms with Crippen molar-refractivity contribution >= 4 is 40.5 Å². The summed E-state index contributed by atoms with van der Waals surface area (Å²) >= 11 is 5.86. The molecule has 0 bridgehead atoms. The van der Waals surface area contributed by atoms with Gasteiger partial charge in [0.1, 0.15) is 17.7 Å². The van der Waals surface area contributed by atoms with Gasteiger partial charge in [0.2, 0.25) is 5.28 Å². The Kier molecular flexibility index (Phi) is 6.35. The molecule has 42 heavy (non-hydrogen) atoms. The summed E-state index contributed by atoms with van der Waals surface area (Å²) in [5, 5.41) is 40.3. The van der Waals surface area contributed by atoms with Crippen LogP contribution in [0.5, 0.6) is 0 Å². The smallest absolute Gasteiger partial charge is 0.348 e. The highest BCUT2D eigenvalue weighted by molar-refractivity contribution is 6.28. The van der Waals surface area contributed by atoms with E-state index in [1.807, 2.05) is 0 Å². The van der Waals surface area contributed by atoms with Gasteiger partial charge < -0.3 is 30.5 Å². The second-order valence-corrected chi connectivity index (χ2v) is 10.3. The van der Waals surface area contributed by atoms with E-state index in [9.17, 15) is 30.2 Å². The fourth-order valence-electron chi connectivity index (χ4n) is 5.26. The number of ether oxygens (including phenoxy) is 2. The van der Waals surface area contributed by atoms with Crippen LogP contribution in [0.25, 0.3) is 22.3 Å². The summed E-state index contributed by atoms with van der Waals surface area (Å²) in [6.07, 6.45) is -6.16. The van der Waals surface area contributed by atoms with Crippen molar-refractivity contribution in [2.45, 2.75) is 42.2 Å². The minimum atomic E-state index is -2.88. The number of nitrogens with zero attached hydrogens (tertiary/aromatic N) is 5. The number of carboxylic acid groups (broad SMARTS) is 2. The Balaban J connectivity index is 1.25. The molecular formula is C27H20ClFN6O7. The van der Waals surface area contributed by atoms with Gasteiger partial charge in [0, 0.05) is 6.42 Å². The van der Waals surface area contributed by atoms with Crippen molar-refractivity contribution in [1.29, 1.82) is 5.26 Å². The molecule has 6 rings (SSSR count). The minimum Gasteiger partial charge on any atom is -0.479 e. The number of aliphatic carboxylic acids is 2. The molecule has 2 aromatic heterocycles. The Morgan fingerprint density at radius 1 is 1.19 bits per heavy atom. The van der Waals surface area contributed by atoms with Crippen molar-refractivity contribution in [1.82, 2.24) is 19.5 Å². The van der Waals surface area contributed by atoms with Gasteiger partial charge >= 0.3 is 11.9 Å². The summed E-state index contributed by atoms with van der Waals surface area (Å²) in [4.78, 5) is 36.5. The van der Waals surface area contributed by atoms with E-state index in [1.54, 1.807) is 36.4 Å². The molecule has 0 spiro atoms. The average molecular weight is 595 g/mol. The monoisotopic (exact) mass is 594 g/mol. The van der Waals surface area contributed by atoms with E-state index in [-0.39, 0.29) is 27.8 Å². The molecule has 5 atom stereocenters. The van der Waals surface area contributed by atoms with Crippen LogP contribution in [0.15, 0.2) is 54.9 Å². The van der Waals surface area contributed by atoms with E-state index in [4.69, 9.17) is 26.8 Å². The molecule has 1 saturated heterocycles. The largest absolute Gasteiger partial charge is 0.479 e. The van der Waals surface area contributed by atoms with Crippen LogP contribution >= 0.6 is 11.6 Å². The number of aliphatic hydroxyl groups is 1. The molecule has 0 amide bonds. The van der Waals surface area contributed by atoms with Crippen LogP contribution in [0, 0.1) is 11.3 Å². The molecule has 3 heterocycles. The Hall–Kier alpha value is -4.68. The van der Waals surface area contributed by atoms with Crippen molar-refractivity contribution in [2.75, 3.05) is 5.73 Å². The molecular weight excluding hydrogens is 575 g/mol. The molecule has 1 aliphatic heterocycles. The summed E-state index contributed by atoms with van der Waals surface area (Å²) < 4.78 is 28.0. The Morgan fingerprint density at radius 3 is 2.50 bits per heavy atom. The first-order valence-electron chi connectivity index (χ1n) is 12.4. The van der Waals surface area contributed by atoms with Crippen LogP contribution in [0.2, 0.25) is 5.28 Å². The molecule has 4 aromatic rings. The molecule has 0 radical (unpaired) electrons. The lowest BCUT2D eigenvalue weighted by Crippen LogP contribution is -2.53. The van der Waals surface area contributed by atoms with Gasteiger partial charge in [0.15, 0.2) is 29.5 Å². The van der Waals surface area contributed by atoms with E-state index >= 15 is 4.39 Å². The number of carbonyl (C=O) groups is 2. The van der Waals surface area contributed by atoms with Gasteiger partial charge in [-0.1, -0.05) is 42.5 Å². The number of nitriles is 1. The maximum atomic E-state index is 15.7. The third kappa shape index (κ3) is 4.05. The lowest BCUT2D eigenvalue weighted by atomic mass is 9.92. The molecule has 13 nitrogen and oxygen atoms in total. The third-order valence-corrected chi connectivity index (χ3v) is 7.70. The molecule has 1 unspecified atom stereocenters. The summed E-state index contributed by atoms with van der Waals surface area (Å²) in [5.74, 6) is -3.76. The molecule has 2 aliphatic rings. The molecule has 15 heteroatoms. The lowest BCUT2D eigenvalue weighted by molar-refractivity contribution is -0.194. The highest BCUT2D eigenvalue weighted by Crippen LogP contribution is 2.58. The number of nitrogens with two attached hydrogens (primary N) is 1. The number of nitrogen functional groups attached to an aromatic ring is 1. The van der Waals surface area contributed by atoms with Gasteiger partial charge in [-0.15, -0.1) is 0 Å². The number of carboxylic acids is 2. The number of imidazole rings is 1. The van der Waals surface area contributed by atoms with Gasteiger partial charge in [-0.3, -0.25) is 4.57 Å². The maximum Gasteiger partial charge on any atom is 0.348 e. The first-order chi connectivity index (χ1) is 20.0. The number of hydrogen-bond donors (Lipinski definition) is 4. The fourth-order valence-corrected chi connectivity index (χ4v) is 5.43. The van der Waals surface area contributed by atoms with Crippen LogP contribution in [-0.2, 0) is 25.5 Å². The van der Waals surface area contributed by atoms with E-state index in [2.05, 4.69) is 21.0 Å². The molecule has 2 aromatic carbocycles. The number of rotatable bonds is 8. The number of anilines is 1. The van der Waals surface area contributed by atoms with Gasteiger partial charge in [-0.25, -0.2) is 19.0 Å². The Bertz CT molecular complexity index is 1780. The van der Waals surface area contributed by atoms with Crippen molar-refractivity contribution < 1.29 is 38.8 Å². The fraction of sp³-hybridized carbons (Fsp3) is 0.259. The van der Waals surface area contributed by atoms with Gasteiger partial charge in [-0.05, 0) is 34.4 Å². The number of halogens is 2. The quantitative estimate of drug-likeness (QED) is 0.171. The number of fused-ring (bicyclic) bond motifs is 2. The predicted octanol–water partition coefficient (Wildman–Crippen LogP) is 2.12. The van der Waals surface area contributed by atoms with E-state index in [0.29, 0.717) is 16.7 Å². The van der Waals surface area contributed by atoms with Gasteiger partial charge in [-0.2, -0.15) is 15.2 Å². The van der Waals surface area contributed by atoms with Crippen LogP contribution < -0.4 is 5.73 Å². The summed E-state index contributed by atoms with van der Waals surface area (Å²) in [6, 6.07) is 15.2. The highest BCUT2D eigenvalue weighted by atomic mass is 35.5. The van der Waals surface area contributed by atoms with Crippen LogP contribution in [0.4, 0.5) is 10.2 Å². The first kappa shape index (κ1) is 27.5. The SMILES string of the molecule is N#Cc1ccccc1-c1ccc(CC(OC2[C@H]3O[C@@H](n4cnc5c(N)nc(Cl)nc54)[C@@H](F)[C@@]23O)(C(=O)O)C(=O)O)cc1. The predicted molar refractivity (Wildman–Crippen MR) is 142 cm³/mol. The van der Waals surface area contributed by atoms with Crippen molar-refractivity contribution in [3.8, 4) is 17.2 Å². The highest BCUT2D eigenvalue weighted by Gasteiger charge is 2.80. The Morgan fingerprint density at radius 2 is 1.88 bits per heavy atom. The molecule has 1 aliphatic carbocycles. The van der Waals surface area contributed by atoms with Crippen LogP contribution in [0.3, 0.4) is 0 Å². The van der Waals surface area contributed by atoms with Crippen molar-refractivity contribution in [3.05, 3.63) is 71.3 Å². The van der Waals surface area contributed by atoms with Crippen LogP contribution in [0.1, 0.15) is 17.4 Å². The minimum absolute atomic E-state index is 0.0359. The number of alkyl halides is 1. The Labute approximate surface area is 240 Å². The second kappa shape index (κ2) is 9.71. The molecule has 2 fully saturated rings. The van der Waals surface area contributed by atoms with Crippen molar-refractivity contribution in [3.63, 3.8) is 0 Å². The molecule has 214 valence electrons. The van der Waals surface area contributed by atoms with Crippen LogP contribution in [-0.4, -0.2) is 76.4 Å². The maximum absolute atomic E-state index is 15.7. The molecule has 1 saturated carbocycles. The average Bonchev–Trinajstić information content (AvgIpc) is 3.20. The standard InChI is InChI=1S/C27H20ClFN6O7/c28-25-33-20(31)16-21(34-25)35(11-32-16)22-17(29)27(40)18(41-22)19(27)42-26(23(36)37,24(38)39)9-12-5-7-13(8-6-12)15-4-2-1-3-14(15)10-30/h1-8,11,17-19,22,40H,9H2,(H,36,37)(H,38,39)(H2,31,33,34)/t17-,18-,19?,22-,27+/m1/s1.